The van der Waals surface area contributed by atoms with Gasteiger partial charge >= 0.3 is 12.1 Å². The van der Waals surface area contributed by atoms with Crippen molar-refractivity contribution in [1.82, 2.24) is 10.6 Å². The second-order valence-corrected chi connectivity index (χ2v) is 10.1. The van der Waals surface area contributed by atoms with Crippen molar-refractivity contribution in [2.24, 2.45) is 11.8 Å². The molecule has 0 aliphatic heterocycles. The number of rotatable bonds is 8. The Morgan fingerprint density at radius 1 is 1.00 bits per heavy atom. The highest BCUT2D eigenvalue weighted by Crippen LogP contribution is 2.44. The summed E-state index contributed by atoms with van der Waals surface area (Å²) in [6, 6.07) is 15.3. The summed E-state index contributed by atoms with van der Waals surface area (Å²) in [5.41, 5.74) is 4.67. The normalized spacial score (nSPS) is 20.0. The number of fused-ring (bicyclic) bond motifs is 3. The molecule has 0 unspecified atom stereocenters. The van der Waals surface area contributed by atoms with Crippen molar-refractivity contribution in [3.8, 4) is 11.1 Å². The molecular weight excluding hydrogens is 444 g/mol. The number of hydrogen-bond acceptors (Lipinski definition) is 4. The Bertz CT molecular complexity index is 1040. The second kappa shape index (κ2) is 10.9. The minimum atomic E-state index is -1.02. The van der Waals surface area contributed by atoms with Crippen LogP contribution in [0.15, 0.2) is 48.5 Å². The predicted molar refractivity (Wildman–Crippen MR) is 133 cm³/mol. The van der Waals surface area contributed by atoms with E-state index in [0.29, 0.717) is 19.3 Å². The number of carbonyl (C=O) groups is 3. The maximum absolute atomic E-state index is 12.7. The molecule has 0 bridgehead atoms. The van der Waals surface area contributed by atoms with Crippen LogP contribution in [0.3, 0.4) is 0 Å². The minimum absolute atomic E-state index is 0.00746. The number of carboxylic acids is 1. The monoisotopic (exact) mass is 478 g/mol. The van der Waals surface area contributed by atoms with Crippen LogP contribution in [-0.4, -0.2) is 41.8 Å². The zero-order valence-electron chi connectivity index (χ0n) is 20.3. The molecule has 0 aromatic heterocycles. The molecule has 0 heterocycles. The van der Waals surface area contributed by atoms with Crippen LogP contribution in [0.25, 0.3) is 11.1 Å². The summed E-state index contributed by atoms with van der Waals surface area (Å²) in [6.07, 6.45) is 2.61. The van der Waals surface area contributed by atoms with Crippen molar-refractivity contribution >= 4 is 18.0 Å². The smallest absolute Gasteiger partial charge is 0.407 e. The molecule has 1 fully saturated rings. The van der Waals surface area contributed by atoms with Crippen LogP contribution in [-0.2, 0) is 14.3 Å². The molecule has 7 nitrogen and oxygen atoms in total. The highest BCUT2D eigenvalue weighted by atomic mass is 16.5. The first-order valence-electron chi connectivity index (χ1n) is 12.5. The third kappa shape index (κ3) is 5.84. The average Bonchev–Trinajstić information content (AvgIpc) is 3.16. The Labute approximate surface area is 206 Å². The van der Waals surface area contributed by atoms with Crippen molar-refractivity contribution < 1.29 is 24.2 Å². The van der Waals surface area contributed by atoms with Gasteiger partial charge in [-0.1, -0.05) is 68.8 Å². The van der Waals surface area contributed by atoms with Crippen molar-refractivity contribution in [2.75, 3.05) is 6.61 Å². The van der Waals surface area contributed by atoms with Crippen LogP contribution >= 0.6 is 0 Å². The Kier molecular flexibility index (Phi) is 7.73. The zero-order valence-corrected chi connectivity index (χ0v) is 20.3. The van der Waals surface area contributed by atoms with E-state index in [1.807, 2.05) is 38.1 Å². The summed E-state index contributed by atoms with van der Waals surface area (Å²) >= 11 is 0. The fourth-order valence-electron chi connectivity index (χ4n) is 5.35. The third-order valence-electron chi connectivity index (χ3n) is 7.03. The molecule has 0 spiro atoms. The van der Waals surface area contributed by atoms with Crippen LogP contribution in [0.1, 0.15) is 63.0 Å². The van der Waals surface area contributed by atoms with Gasteiger partial charge in [0.2, 0.25) is 5.91 Å². The maximum atomic E-state index is 12.7. The third-order valence-corrected chi connectivity index (χ3v) is 7.03. The highest BCUT2D eigenvalue weighted by molar-refractivity contribution is 5.85. The van der Waals surface area contributed by atoms with Crippen LogP contribution in [0, 0.1) is 11.8 Å². The van der Waals surface area contributed by atoms with Gasteiger partial charge < -0.3 is 20.5 Å². The van der Waals surface area contributed by atoms with Gasteiger partial charge in [-0.15, -0.1) is 0 Å². The SMILES string of the molecule is CC(C)C[C@@H](NC(=O)[C@H]1CCC[C@@H](NC(=O)OCC2c3ccccc3-c3ccccc32)C1)C(=O)O. The van der Waals surface area contributed by atoms with Gasteiger partial charge in [0.05, 0.1) is 0 Å². The van der Waals surface area contributed by atoms with Gasteiger partial charge in [-0.05, 0) is 53.9 Å². The van der Waals surface area contributed by atoms with Gasteiger partial charge in [-0.3, -0.25) is 4.79 Å². The molecule has 2 aliphatic rings. The topological polar surface area (TPSA) is 105 Å². The summed E-state index contributed by atoms with van der Waals surface area (Å²) in [6.45, 7) is 4.10. The molecule has 4 rings (SSSR count). The van der Waals surface area contributed by atoms with E-state index < -0.39 is 18.1 Å². The summed E-state index contributed by atoms with van der Waals surface area (Å²) in [4.78, 5) is 36.9. The number of carboxylic acid groups (broad SMARTS) is 1. The largest absolute Gasteiger partial charge is 0.480 e. The quantitative estimate of drug-likeness (QED) is 0.510. The first-order valence-corrected chi connectivity index (χ1v) is 12.5. The van der Waals surface area contributed by atoms with Crippen LogP contribution in [0.2, 0.25) is 0 Å². The lowest BCUT2D eigenvalue weighted by Crippen LogP contribution is -2.47. The van der Waals surface area contributed by atoms with E-state index in [1.54, 1.807) is 0 Å². The molecule has 3 atom stereocenters. The fourth-order valence-corrected chi connectivity index (χ4v) is 5.35. The van der Waals surface area contributed by atoms with E-state index >= 15 is 0 Å². The van der Waals surface area contributed by atoms with E-state index in [2.05, 4.69) is 34.9 Å². The van der Waals surface area contributed by atoms with Crippen LogP contribution in [0.5, 0.6) is 0 Å². The molecule has 0 saturated heterocycles. The molecule has 2 aliphatic carbocycles. The van der Waals surface area contributed by atoms with Gasteiger partial charge in [0.25, 0.3) is 0 Å². The second-order valence-electron chi connectivity index (χ2n) is 10.1. The molecule has 3 N–H and O–H groups in total. The number of amides is 2. The molecule has 2 aromatic carbocycles. The van der Waals surface area contributed by atoms with Crippen LogP contribution < -0.4 is 10.6 Å². The lowest BCUT2D eigenvalue weighted by Gasteiger charge is -2.30. The number of carbonyl (C=O) groups excluding carboxylic acids is 2. The summed E-state index contributed by atoms with van der Waals surface area (Å²) in [7, 11) is 0. The van der Waals surface area contributed by atoms with Crippen molar-refractivity contribution in [2.45, 2.75) is 64.0 Å². The highest BCUT2D eigenvalue weighted by Gasteiger charge is 2.32. The number of ether oxygens (including phenoxy) is 1. The van der Waals surface area contributed by atoms with E-state index in [0.717, 1.165) is 24.0 Å². The van der Waals surface area contributed by atoms with Gasteiger partial charge in [0, 0.05) is 17.9 Å². The zero-order chi connectivity index (χ0) is 24.9. The molecule has 35 heavy (non-hydrogen) atoms. The van der Waals surface area contributed by atoms with E-state index in [-0.39, 0.29) is 36.3 Å². The first-order chi connectivity index (χ1) is 16.8. The number of hydrogen-bond donors (Lipinski definition) is 3. The number of aliphatic carboxylic acids is 1. The lowest BCUT2D eigenvalue weighted by molar-refractivity contribution is -0.143. The lowest BCUT2D eigenvalue weighted by atomic mass is 9.85. The summed E-state index contributed by atoms with van der Waals surface area (Å²) < 4.78 is 5.65. The van der Waals surface area contributed by atoms with Gasteiger partial charge in [0.15, 0.2) is 0 Å². The Hall–Kier alpha value is -3.35. The number of nitrogens with one attached hydrogen (secondary N) is 2. The number of benzene rings is 2. The van der Waals surface area contributed by atoms with Gasteiger partial charge in [-0.25, -0.2) is 9.59 Å². The van der Waals surface area contributed by atoms with Crippen molar-refractivity contribution in [3.63, 3.8) is 0 Å². The Morgan fingerprint density at radius 2 is 1.63 bits per heavy atom. The van der Waals surface area contributed by atoms with Crippen LogP contribution in [0.4, 0.5) is 4.79 Å². The molecule has 2 aromatic rings. The number of alkyl carbamates (subject to hydrolysis) is 1. The van der Waals surface area contributed by atoms with Gasteiger partial charge in [0.1, 0.15) is 12.6 Å². The van der Waals surface area contributed by atoms with Crippen molar-refractivity contribution in [3.05, 3.63) is 59.7 Å². The molecule has 0 radical (unpaired) electrons. The van der Waals surface area contributed by atoms with E-state index in [1.165, 1.54) is 11.1 Å². The average molecular weight is 479 g/mol. The first kappa shape index (κ1) is 24.8. The summed E-state index contributed by atoms with van der Waals surface area (Å²) in [5.74, 6) is -1.44. The maximum Gasteiger partial charge on any atom is 0.407 e. The summed E-state index contributed by atoms with van der Waals surface area (Å²) in [5, 5.41) is 15.0. The Morgan fingerprint density at radius 3 is 2.23 bits per heavy atom. The van der Waals surface area contributed by atoms with Crippen molar-refractivity contribution in [1.29, 1.82) is 0 Å². The molecular formula is C28H34N2O5. The Balaban J connectivity index is 1.31. The standard InChI is InChI=1S/C28H34N2O5/c1-17(2)14-25(27(32)33)30-26(31)18-8-7-9-19(15-18)29-28(34)35-16-24-22-12-5-3-10-20(22)21-11-4-6-13-23(21)24/h3-6,10-13,17-19,24-25H,7-9,14-16H2,1-2H3,(H,29,34)(H,30,31)(H,32,33)/t18-,19+,25+/m0/s1. The molecule has 1 saturated carbocycles. The van der Waals surface area contributed by atoms with E-state index in [9.17, 15) is 19.5 Å². The van der Waals surface area contributed by atoms with E-state index in [4.69, 9.17) is 4.74 Å². The predicted octanol–water partition coefficient (Wildman–Crippen LogP) is 4.70. The minimum Gasteiger partial charge on any atom is -0.480 e. The molecule has 7 heteroatoms. The van der Waals surface area contributed by atoms with Gasteiger partial charge in [-0.2, -0.15) is 0 Å². The molecule has 2 amide bonds. The fraction of sp³-hybridized carbons (Fsp3) is 0.464. The molecule has 186 valence electrons.